The molecule has 0 aliphatic heterocycles. The highest BCUT2D eigenvalue weighted by Crippen LogP contribution is 2.14. The maximum absolute atomic E-state index is 10.7. The summed E-state index contributed by atoms with van der Waals surface area (Å²) >= 11 is 8.19. The molecule has 0 aromatic heterocycles. The van der Waals surface area contributed by atoms with E-state index in [2.05, 4.69) is 25.3 Å². The van der Waals surface area contributed by atoms with Crippen LogP contribution in [0.1, 0.15) is 13.3 Å². The Labute approximate surface area is 72.4 Å². The largest absolute Gasteiger partial charge is 0.369 e. The van der Waals surface area contributed by atoms with Gasteiger partial charge in [-0.25, -0.2) is 0 Å². The van der Waals surface area contributed by atoms with Crippen molar-refractivity contribution >= 4 is 31.2 Å². The molecule has 1 amide bonds. The zero-order valence-electron chi connectivity index (χ0n) is 5.95. The summed E-state index contributed by atoms with van der Waals surface area (Å²) in [5, 5.41) is 0.0509. The summed E-state index contributed by atoms with van der Waals surface area (Å²) in [6.07, 6.45) is 0.845. The summed E-state index contributed by atoms with van der Waals surface area (Å²) in [4.78, 5) is 10.7. The van der Waals surface area contributed by atoms with Crippen molar-refractivity contribution in [1.29, 1.82) is 0 Å². The Morgan fingerprint density at radius 2 is 2.20 bits per heavy atom. The molecule has 4 heteroatoms. The standard InChI is InChI=1S/C6H13NOS2/c1-2-5(10)4(3-9)6(7)8/h4-5,9-10H,2-3H2,1H3,(H2,7,8). The van der Waals surface area contributed by atoms with E-state index < -0.39 is 0 Å². The van der Waals surface area contributed by atoms with Gasteiger partial charge in [-0.15, -0.1) is 0 Å². The lowest BCUT2D eigenvalue weighted by atomic mass is 10.1. The Hall–Kier alpha value is 0.170. The fourth-order valence-corrected chi connectivity index (χ4v) is 1.54. The van der Waals surface area contributed by atoms with Crippen LogP contribution in [0.15, 0.2) is 0 Å². The van der Waals surface area contributed by atoms with Crippen LogP contribution in [0.2, 0.25) is 0 Å². The quantitative estimate of drug-likeness (QED) is 0.547. The van der Waals surface area contributed by atoms with Crippen LogP contribution in [0.3, 0.4) is 0 Å². The number of amides is 1. The van der Waals surface area contributed by atoms with E-state index in [4.69, 9.17) is 5.73 Å². The van der Waals surface area contributed by atoms with Gasteiger partial charge < -0.3 is 5.73 Å². The van der Waals surface area contributed by atoms with Gasteiger partial charge in [0, 0.05) is 11.0 Å². The summed E-state index contributed by atoms with van der Waals surface area (Å²) in [6.45, 7) is 1.97. The van der Waals surface area contributed by atoms with Crippen LogP contribution in [0, 0.1) is 5.92 Å². The molecule has 0 aromatic rings. The molecular weight excluding hydrogens is 166 g/mol. The van der Waals surface area contributed by atoms with Crippen LogP contribution < -0.4 is 5.73 Å². The number of primary amides is 1. The Morgan fingerprint density at radius 1 is 1.70 bits per heavy atom. The highest BCUT2D eigenvalue weighted by molar-refractivity contribution is 7.81. The van der Waals surface area contributed by atoms with E-state index in [1.165, 1.54) is 0 Å². The van der Waals surface area contributed by atoms with Crippen molar-refractivity contribution in [3.05, 3.63) is 0 Å². The van der Waals surface area contributed by atoms with Crippen LogP contribution >= 0.6 is 25.3 Å². The smallest absolute Gasteiger partial charge is 0.222 e. The number of rotatable bonds is 4. The van der Waals surface area contributed by atoms with Crippen LogP contribution in [-0.2, 0) is 4.79 Å². The molecule has 0 saturated heterocycles. The molecule has 0 rings (SSSR count). The summed E-state index contributed by atoms with van der Waals surface area (Å²) in [5.74, 6) is -0.0225. The molecule has 0 radical (unpaired) electrons. The first-order valence-electron chi connectivity index (χ1n) is 3.21. The van der Waals surface area contributed by atoms with E-state index in [9.17, 15) is 4.79 Å². The molecule has 2 N–H and O–H groups in total. The fourth-order valence-electron chi connectivity index (χ4n) is 0.686. The minimum atomic E-state index is -0.308. The van der Waals surface area contributed by atoms with Crippen molar-refractivity contribution in [3.63, 3.8) is 0 Å². The van der Waals surface area contributed by atoms with E-state index in [0.717, 1.165) is 6.42 Å². The maximum Gasteiger partial charge on any atom is 0.222 e. The molecule has 0 aliphatic carbocycles. The van der Waals surface area contributed by atoms with Crippen LogP contribution in [-0.4, -0.2) is 16.9 Å². The molecule has 0 saturated carbocycles. The Balaban J connectivity index is 3.92. The van der Waals surface area contributed by atoms with Gasteiger partial charge in [-0.3, -0.25) is 4.79 Å². The highest BCUT2D eigenvalue weighted by atomic mass is 32.1. The van der Waals surface area contributed by atoms with Gasteiger partial charge in [0.2, 0.25) is 5.91 Å². The molecule has 2 unspecified atom stereocenters. The van der Waals surface area contributed by atoms with Gasteiger partial charge in [0.15, 0.2) is 0 Å². The zero-order valence-corrected chi connectivity index (χ0v) is 7.74. The van der Waals surface area contributed by atoms with Gasteiger partial charge in [0.25, 0.3) is 0 Å². The normalized spacial score (nSPS) is 16.3. The van der Waals surface area contributed by atoms with E-state index >= 15 is 0 Å². The van der Waals surface area contributed by atoms with E-state index in [-0.39, 0.29) is 17.1 Å². The number of carbonyl (C=O) groups is 1. The van der Waals surface area contributed by atoms with Crippen LogP contribution in [0.5, 0.6) is 0 Å². The van der Waals surface area contributed by atoms with Crippen LogP contribution in [0.4, 0.5) is 0 Å². The first kappa shape index (κ1) is 10.2. The second kappa shape index (κ2) is 4.91. The lowest BCUT2D eigenvalue weighted by Gasteiger charge is -2.15. The van der Waals surface area contributed by atoms with Crippen molar-refractivity contribution in [1.82, 2.24) is 0 Å². The minimum absolute atomic E-state index is 0.0509. The van der Waals surface area contributed by atoms with Gasteiger partial charge >= 0.3 is 0 Å². The first-order valence-corrected chi connectivity index (χ1v) is 4.36. The predicted octanol–water partition coefficient (Wildman–Crippen LogP) is 0.726. The van der Waals surface area contributed by atoms with Crippen molar-refractivity contribution in [2.24, 2.45) is 11.7 Å². The summed E-state index contributed by atoms with van der Waals surface area (Å²) in [5.41, 5.74) is 5.09. The topological polar surface area (TPSA) is 43.1 Å². The van der Waals surface area contributed by atoms with Gasteiger partial charge in [-0.05, 0) is 6.42 Å². The van der Waals surface area contributed by atoms with Crippen molar-refractivity contribution in [2.45, 2.75) is 18.6 Å². The van der Waals surface area contributed by atoms with Crippen molar-refractivity contribution < 1.29 is 4.79 Å². The number of hydrogen-bond donors (Lipinski definition) is 3. The molecule has 0 aliphatic rings. The second-order valence-electron chi connectivity index (χ2n) is 2.17. The third kappa shape index (κ3) is 2.84. The van der Waals surface area contributed by atoms with Crippen LogP contribution in [0.25, 0.3) is 0 Å². The Bertz CT molecular complexity index is 118. The molecule has 2 nitrogen and oxygen atoms in total. The summed E-state index contributed by atoms with van der Waals surface area (Å²) < 4.78 is 0. The molecule has 0 spiro atoms. The maximum atomic E-state index is 10.7. The first-order chi connectivity index (χ1) is 4.63. The minimum Gasteiger partial charge on any atom is -0.369 e. The summed E-state index contributed by atoms with van der Waals surface area (Å²) in [7, 11) is 0. The molecule has 60 valence electrons. The average Bonchev–Trinajstić information content (AvgIpc) is 1.88. The number of carbonyl (C=O) groups excluding carboxylic acids is 1. The fraction of sp³-hybridized carbons (Fsp3) is 0.833. The number of nitrogens with two attached hydrogens (primary N) is 1. The lowest BCUT2D eigenvalue weighted by Crippen LogP contribution is -2.31. The lowest BCUT2D eigenvalue weighted by molar-refractivity contribution is -0.121. The molecule has 10 heavy (non-hydrogen) atoms. The van der Waals surface area contributed by atoms with Gasteiger partial charge in [0.1, 0.15) is 0 Å². The molecule has 0 fully saturated rings. The molecule has 2 atom stereocenters. The van der Waals surface area contributed by atoms with Gasteiger partial charge in [-0.1, -0.05) is 6.92 Å². The second-order valence-corrected chi connectivity index (χ2v) is 3.20. The van der Waals surface area contributed by atoms with Gasteiger partial charge in [0.05, 0.1) is 5.92 Å². The third-order valence-electron chi connectivity index (χ3n) is 1.44. The monoisotopic (exact) mass is 179 g/mol. The molecule has 0 aromatic carbocycles. The van der Waals surface area contributed by atoms with Crippen molar-refractivity contribution in [2.75, 3.05) is 5.75 Å². The van der Waals surface area contributed by atoms with E-state index in [1.54, 1.807) is 0 Å². The van der Waals surface area contributed by atoms with Crippen molar-refractivity contribution in [3.8, 4) is 0 Å². The Morgan fingerprint density at radius 3 is 2.30 bits per heavy atom. The van der Waals surface area contributed by atoms with E-state index in [0.29, 0.717) is 5.75 Å². The molecule has 0 bridgehead atoms. The number of thiol groups is 2. The average molecular weight is 179 g/mol. The summed E-state index contributed by atoms with van der Waals surface area (Å²) in [6, 6.07) is 0. The molecule has 0 heterocycles. The third-order valence-corrected chi connectivity index (χ3v) is 2.56. The van der Waals surface area contributed by atoms with Gasteiger partial charge in [-0.2, -0.15) is 25.3 Å². The van der Waals surface area contributed by atoms with E-state index in [1.807, 2.05) is 6.92 Å². The SMILES string of the molecule is CCC(S)C(CS)C(N)=O. The predicted molar refractivity (Wildman–Crippen MR) is 49.6 cm³/mol. The molecular formula is C6H13NOS2. The highest BCUT2D eigenvalue weighted by Gasteiger charge is 2.19. The Kier molecular flexibility index (Phi) is 4.99. The zero-order chi connectivity index (χ0) is 8.15. The number of hydrogen-bond acceptors (Lipinski definition) is 3.